The second-order valence-corrected chi connectivity index (χ2v) is 9.55. The van der Waals surface area contributed by atoms with E-state index in [4.69, 9.17) is 5.73 Å². The number of amides is 1. The van der Waals surface area contributed by atoms with Crippen LogP contribution in [-0.2, 0) is 0 Å². The molecule has 33 heavy (non-hydrogen) atoms. The van der Waals surface area contributed by atoms with Crippen LogP contribution in [0.25, 0.3) is 16.9 Å². The molecule has 5 rings (SSSR count). The van der Waals surface area contributed by atoms with Gasteiger partial charge in [0.1, 0.15) is 0 Å². The van der Waals surface area contributed by atoms with Gasteiger partial charge in [-0.25, -0.2) is 9.97 Å². The number of likely N-dealkylation sites (N-methyl/N-ethyl adjacent to an activating group) is 1. The average molecular weight is 462 g/mol. The van der Waals surface area contributed by atoms with Crippen molar-refractivity contribution in [2.24, 2.45) is 5.73 Å². The largest absolute Gasteiger partial charge is 0.366 e. The quantitative estimate of drug-likeness (QED) is 0.469. The van der Waals surface area contributed by atoms with E-state index < -0.39 is 5.91 Å². The molecule has 9 heteroatoms. The highest BCUT2D eigenvalue weighted by atomic mass is 32.1. The number of piperazine rings is 1. The molecule has 1 saturated heterocycles. The lowest BCUT2D eigenvalue weighted by Crippen LogP contribution is -2.55. The molecule has 3 aromatic heterocycles. The van der Waals surface area contributed by atoms with Crippen LogP contribution in [0.15, 0.2) is 54.3 Å². The molecule has 1 fully saturated rings. The third-order valence-corrected chi connectivity index (χ3v) is 7.27. The van der Waals surface area contributed by atoms with Crippen molar-refractivity contribution in [2.45, 2.75) is 25.9 Å². The predicted molar refractivity (Wildman–Crippen MR) is 133 cm³/mol. The van der Waals surface area contributed by atoms with Crippen LogP contribution in [0, 0.1) is 0 Å². The first-order chi connectivity index (χ1) is 15.9. The number of nitrogens with one attached hydrogen (secondary N) is 1. The second-order valence-electron chi connectivity index (χ2n) is 8.64. The number of imidazole rings is 1. The minimum absolute atomic E-state index is 0.428. The van der Waals surface area contributed by atoms with E-state index in [1.807, 2.05) is 16.0 Å². The van der Waals surface area contributed by atoms with E-state index in [1.54, 1.807) is 18.5 Å². The van der Waals surface area contributed by atoms with Crippen molar-refractivity contribution in [2.75, 3.05) is 30.4 Å². The van der Waals surface area contributed by atoms with Crippen molar-refractivity contribution in [1.29, 1.82) is 0 Å². The lowest BCUT2D eigenvalue weighted by Gasteiger charge is -2.43. The van der Waals surface area contributed by atoms with Crippen molar-refractivity contribution in [1.82, 2.24) is 19.3 Å². The summed E-state index contributed by atoms with van der Waals surface area (Å²) >= 11 is 1.33. The Kier molecular flexibility index (Phi) is 5.51. The number of rotatable bonds is 5. The van der Waals surface area contributed by atoms with E-state index in [9.17, 15) is 4.79 Å². The molecule has 0 saturated carbocycles. The van der Waals surface area contributed by atoms with Gasteiger partial charge in [-0.2, -0.15) is 0 Å². The van der Waals surface area contributed by atoms with Gasteiger partial charge in [-0.15, -0.1) is 11.3 Å². The number of thiophene rings is 1. The summed E-state index contributed by atoms with van der Waals surface area (Å²) in [6.07, 6.45) is 5.41. The number of nitrogens with two attached hydrogens (primary N) is 1. The Bertz CT molecular complexity index is 1300. The van der Waals surface area contributed by atoms with Crippen molar-refractivity contribution in [3.05, 3.63) is 59.2 Å². The topological polar surface area (TPSA) is 91.8 Å². The molecule has 3 N–H and O–H groups in total. The van der Waals surface area contributed by atoms with Gasteiger partial charge < -0.3 is 16.0 Å². The normalized spacial score (nSPS) is 19.2. The van der Waals surface area contributed by atoms with Crippen molar-refractivity contribution >= 4 is 40.1 Å². The molecular weight excluding hydrogens is 434 g/mol. The van der Waals surface area contributed by atoms with E-state index in [1.165, 1.54) is 17.0 Å². The van der Waals surface area contributed by atoms with E-state index in [2.05, 4.69) is 70.2 Å². The number of carbonyl (C=O) groups is 1. The lowest BCUT2D eigenvalue weighted by molar-refractivity contribution is 0.100. The number of benzene rings is 1. The van der Waals surface area contributed by atoms with Crippen LogP contribution in [0.4, 0.5) is 17.2 Å². The summed E-state index contributed by atoms with van der Waals surface area (Å²) < 4.78 is 1.96. The van der Waals surface area contributed by atoms with Crippen molar-refractivity contribution < 1.29 is 4.79 Å². The maximum atomic E-state index is 11.5. The number of hydrogen-bond donors (Lipinski definition) is 2. The molecule has 0 aliphatic carbocycles. The minimum atomic E-state index is -0.428. The van der Waals surface area contributed by atoms with Crippen LogP contribution in [0.5, 0.6) is 0 Å². The third-order valence-electron chi connectivity index (χ3n) is 6.33. The standard InChI is InChI=1S/C24H27N7OS/c1-15-13-31(16(2)12-29(15)3)19-6-4-18(5-7-19)28-23-24-26-8-9-30(24)20(11-27-23)17-10-21(22(25)32)33-14-17/h4-11,14-16H,12-13H2,1-3H3,(H2,25,32)(H,27,28)/t15-,16+/m1/s1. The fourth-order valence-corrected chi connectivity index (χ4v) is 5.11. The van der Waals surface area contributed by atoms with Crippen LogP contribution in [-0.4, -0.2) is 57.4 Å². The SMILES string of the molecule is C[C@@H]1CN(c2ccc(Nc3ncc(-c4csc(C(N)=O)c4)n4ccnc34)cc2)[C@@H](C)CN1C. The van der Waals surface area contributed by atoms with Gasteiger partial charge in [-0.1, -0.05) is 0 Å². The van der Waals surface area contributed by atoms with Crippen molar-refractivity contribution in [3.63, 3.8) is 0 Å². The fraction of sp³-hybridized carbons (Fsp3) is 0.292. The first kappa shape index (κ1) is 21.4. The molecule has 0 radical (unpaired) electrons. The van der Waals surface area contributed by atoms with Crippen LogP contribution in [0.3, 0.4) is 0 Å². The maximum Gasteiger partial charge on any atom is 0.258 e. The second kappa shape index (κ2) is 8.49. The Morgan fingerprint density at radius 3 is 2.67 bits per heavy atom. The van der Waals surface area contributed by atoms with Crippen LogP contribution in [0.2, 0.25) is 0 Å². The summed E-state index contributed by atoms with van der Waals surface area (Å²) in [6, 6.07) is 11.3. The van der Waals surface area contributed by atoms with Crippen LogP contribution < -0.4 is 16.0 Å². The summed E-state index contributed by atoms with van der Waals surface area (Å²) in [4.78, 5) is 26.0. The van der Waals surface area contributed by atoms with E-state index >= 15 is 0 Å². The summed E-state index contributed by atoms with van der Waals surface area (Å²) in [6.45, 7) is 6.61. The smallest absolute Gasteiger partial charge is 0.258 e. The summed E-state index contributed by atoms with van der Waals surface area (Å²) in [7, 11) is 2.19. The zero-order valence-electron chi connectivity index (χ0n) is 18.9. The zero-order valence-corrected chi connectivity index (χ0v) is 19.7. The Hall–Kier alpha value is -3.43. The molecule has 2 atom stereocenters. The maximum absolute atomic E-state index is 11.5. The van der Waals surface area contributed by atoms with Gasteiger partial charge in [0, 0.05) is 59.9 Å². The zero-order chi connectivity index (χ0) is 23.1. The highest BCUT2D eigenvalue weighted by Gasteiger charge is 2.26. The van der Waals surface area contributed by atoms with Gasteiger partial charge in [0.15, 0.2) is 11.5 Å². The summed E-state index contributed by atoms with van der Waals surface area (Å²) in [5.41, 5.74) is 10.0. The number of fused-ring (bicyclic) bond motifs is 1. The van der Waals surface area contributed by atoms with Gasteiger partial charge in [-0.3, -0.25) is 14.1 Å². The number of hydrogen-bond acceptors (Lipinski definition) is 7. The molecular formula is C24H27N7OS. The number of aromatic nitrogens is 3. The van der Waals surface area contributed by atoms with Gasteiger partial charge in [0.2, 0.25) is 0 Å². The van der Waals surface area contributed by atoms with Gasteiger partial charge in [-0.05, 0) is 51.2 Å². The van der Waals surface area contributed by atoms with Crippen molar-refractivity contribution in [3.8, 4) is 11.3 Å². The summed E-state index contributed by atoms with van der Waals surface area (Å²) in [5.74, 6) is 0.242. The Balaban J connectivity index is 1.39. The molecule has 0 unspecified atom stereocenters. The molecule has 0 bridgehead atoms. The number of anilines is 3. The van der Waals surface area contributed by atoms with Gasteiger partial charge >= 0.3 is 0 Å². The van der Waals surface area contributed by atoms with Crippen LogP contribution >= 0.6 is 11.3 Å². The molecule has 170 valence electrons. The summed E-state index contributed by atoms with van der Waals surface area (Å²) in [5, 5.41) is 5.30. The van der Waals surface area contributed by atoms with E-state index in [0.29, 0.717) is 28.4 Å². The Morgan fingerprint density at radius 1 is 1.15 bits per heavy atom. The molecule has 4 heterocycles. The molecule has 4 aromatic rings. The highest BCUT2D eigenvalue weighted by Crippen LogP contribution is 2.29. The monoisotopic (exact) mass is 461 g/mol. The number of nitrogens with zero attached hydrogens (tertiary/aromatic N) is 5. The number of primary amides is 1. The first-order valence-corrected chi connectivity index (χ1v) is 11.8. The molecule has 1 amide bonds. The van der Waals surface area contributed by atoms with Crippen LogP contribution in [0.1, 0.15) is 23.5 Å². The lowest BCUT2D eigenvalue weighted by atomic mass is 10.1. The van der Waals surface area contributed by atoms with E-state index in [-0.39, 0.29) is 0 Å². The van der Waals surface area contributed by atoms with Gasteiger partial charge in [0.05, 0.1) is 16.8 Å². The highest BCUT2D eigenvalue weighted by molar-refractivity contribution is 7.12. The Labute approximate surface area is 196 Å². The number of carbonyl (C=O) groups excluding carboxylic acids is 1. The van der Waals surface area contributed by atoms with E-state index in [0.717, 1.165) is 30.0 Å². The fourth-order valence-electron chi connectivity index (χ4n) is 4.35. The average Bonchev–Trinajstić information content (AvgIpc) is 3.48. The van der Waals surface area contributed by atoms with Gasteiger partial charge in [0.25, 0.3) is 5.91 Å². The first-order valence-electron chi connectivity index (χ1n) is 11.0. The molecule has 0 spiro atoms. The molecule has 1 aliphatic heterocycles. The minimum Gasteiger partial charge on any atom is -0.366 e. The predicted octanol–water partition coefficient (Wildman–Crippen LogP) is 3.83. The molecule has 8 nitrogen and oxygen atoms in total. The molecule has 1 aliphatic rings. The molecule has 1 aromatic carbocycles. The Morgan fingerprint density at radius 2 is 1.94 bits per heavy atom. The third kappa shape index (κ3) is 4.05.